The Hall–Kier alpha value is -0.660. The van der Waals surface area contributed by atoms with Gasteiger partial charge in [0.1, 0.15) is 0 Å². The molecule has 0 saturated heterocycles. The van der Waals surface area contributed by atoms with Gasteiger partial charge in [-0.1, -0.05) is 19.3 Å². The van der Waals surface area contributed by atoms with E-state index in [1.807, 2.05) is 0 Å². The highest BCUT2D eigenvalue weighted by Gasteiger charge is 2.33. The van der Waals surface area contributed by atoms with Crippen LogP contribution in [0.2, 0.25) is 0 Å². The molecule has 2 saturated carbocycles. The van der Waals surface area contributed by atoms with Gasteiger partial charge in [-0.05, 0) is 39.5 Å². The molecule has 2 fully saturated rings. The van der Waals surface area contributed by atoms with Gasteiger partial charge in [-0.25, -0.2) is 9.98 Å². The van der Waals surface area contributed by atoms with Crippen molar-refractivity contribution in [3.8, 4) is 0 Å². The molecule has 3 nitrogen and oxygen atoms in total. The molecule has 0 aromatic rings. The van der Waals surface area contributed by atoms with E-state index in [-0.39, 0.29) is 0 Å². The third kappa shape index (κ3) is 4.66. The minimum Gasteiger partial charge on any atom is -0.324 e. The highest BCUT2D eigenvalue weighted by Crippen LogP contribution is 2.28. The zero-order valence-corrected chi connectivity index (χ0v) is 14.4. The van der Waals surface area contributed by atoms with Crippen molar-refractivity contribution in [3.05, 3.63) is 0 Å². The van der Waals surface area contributed by atoms with Gasteiger partial charge in [-0.2, -0.15) is 0 Å². The van der Waals surface area contributed by atoms with Crippen molar-refractivity contribution in [1.29, 1.82) is 0 Å². The zero-order chi connectivity index (χ0) is 15.1. The Labute approximate surface area is 131 Å². The first kappa shape index (κ1) is 16.7. The van der Waals surface area contributed by atoms with Gasteiger partial charge in [0.2, 0.25) is 0 Å². The molecule has 0 heterocycles. The number of hydrogen-bond donors (Lipinski definition) is 0. The number of quaternary nitrogens is 1. The Balaban J connectivity index is 1.79. The molecule has 2 aliphatic carbocycles. The number of rotatable bonds is 5. The summed E-state index contributed by atoms with van der Waals surface area (Å²) in [6, 6.07) is 4.88. The SMILES string of the molecule is CC[N+](C)(CC)C1CCC(N=C=NC2CCCCC2)CC1. The average Bonchev–Trinajstić information content (AvgIpc) is 2.56. The number of aliphatic imine (C=N–C) groups is 2. The zero-order valence-electron chi connectivity index (χ0n) is 14.4. The van der Waals surface area contributed by atoms with E-state index in [1.54, 1.807) is 0 Å². The van der Waals surface area contributed by atoms with Crippen molar-refractivity contribution < 1.29 is 4.48 Å². The molecule has 0 aromatic carbocycles. The van der Waals surface area contributed by atoms with Crippen molar-refractivity contribution in [3.63, 3.8) is 0 Å². The van der Waals surface area contributed by atoms with Crippen LogP contribution in [0.25, 0.3) is 0 Å². The van der Waals surface area contributed by atoms with Crippen LogP contribution in [0, 0.1) is 0 Å². The van der Waals surface area contributed by atoms with Gasteiger partial charge in [0.15, 0.2) is 0 Å². The van der Waals surface area contributed by atoms with Gasteiger partial charge < -0.3 is 4.48 Å². The average molecular weight is 292 g/mol. The van der Waals surface area contributed by atoms with E-state index in [2.05, 4.69) is 36.9 Å². The minimum absolute atomic E-state index is 0.482. The van der Waals surface area contributed by atoms with E-state index in [9.17, 15) is 0 Å². The van der Waals surface area contributed by atoms with Crippen LogP contribution < -0.4 is 0 Å². The van der Waals surface area contributed by atoms with Crippen LogP contribution in [0.3, 0.4) is 0 Å². The van der Waals surface area contributed by atoms with Gasteiger partial charge in [0, 0.05) is 12.8 Å². The lowest BCUT2D eigenvalue weighted by Crippen LogP contribution is -2.53. The lowest BCUT2D eigenvalue weighted by atomic mass is 9.89. The molecule has 0 unspecified atom stereocenters. The van der Waals surface area contributed by atoms with Crippen molar-refractivity contribution in [2.75, 3.05) is 20.1 Å². The first-order chi connectivity index (χ1) is 10.2. The highest BCUT2D eigenvalue weighted by atomic mass is 15.3. The smallest absolute Gasteiger partial charge is 0.0898 e. The van der Waals surface area contributed by atoms with Crippen LogP contribution in [-0.4, -0.2) is 48.8 Å². The van der Waals surface area contributed by atoms with Crippen LogP contribution in [0.15, 0.2) is 9.98 Å². The fourth-order valence-corrected chi connectivity index (χ4v) is 3.96. The highest BCUT2D eigenvalue weighted by molar-refractivity contribution is 5.42. The molecule has 0 N–H and O–H groups in total. The lowest BCUT2D eigenvalue weighted by Gasteiger charge is -2.42. The predicted molar refractivity (Wildman–Crippen MR) is 90.0 cm³/mol. The maximum Gasteiger partial charge on any atom is 0.0898 e. The molecule has 0 radical (unpaired) electrons. The molecule has 2 rings (SSSR count). The normalized spacial score (nSPS) is 28.0. The third-order valence-corrected chi connectivity index (χ3v) is 6.05. The van der Waals surface area contributed by atoms with Crippen LogP contribution in [0.5, 0.6) is 0 Å². The quantitative estimate of drug-likeness (QED) is 0.533. The Kier molecular flexibility index (Phi) is 6.44. The predicted octanol–water partition coefficient (Wildman–Crippen LogP) is 4.29. The van der Waals surface area contributed by atoms with Gasteiger partial charge >= 0.3 is 0 Å². The van der Waals surface area contributed by atoms with E-state index in [4.69, 9.17) is 0 Å². The number of hydrogen-bond acceptors (Lipinski definition) is 2. The van der Waals surface area contributed by atoms with E-state index < -0.39 is 0 Å². The standard InChI is InChI=1S/C18H34N3/c1-4-21(3,5-2)18-13-11-17(12-14-18)20-15-19-16-9-7-6-8-10-16/h16-18H,4-14H2,1-3H3/q+1. The van der Waals surface area contributed by atoms with E-state index >= 15 is 0 Å². The summed E-state index contributed by atoms with van der Waals surface area (Å²) in [6.07, 6.45) is 11.7. The maximum atomic E-state index is 4.62. The topological polar surface area (TPSA) is 24.7 Å². The molecule has 3 heteroatoms. The Morgan fingerprint density at radius 3 is 1.86 bits per heavy atom. The molecular weight excluding hydrogens is 258 g/mol. The fraction of sp³-hybridized carbons (Fsp3) is 0.944. The fourth-order valence-electron chi connectivity index (χ4n) is 3.96. The molecule has 0 aliphatic heterocycles. The van der Waals surface area contributed by atoms with Crippen molar-refractivity contribution in [1.82, 2.24) is 0 Å². The summed E-state index contributed by atoms with van der Waals surface area (Å²) < 4.78 is 1.23. The van der Waals surface area contributed by atoms with Gasteiger partial charge in [0.05, 0.1) is 44.3 Å². The molecule has 0 amide bonds. The molecular formula is C18H34N3+. The second-order valence-electron chi connectivity index (χ2n) is 7.22. The minimum atomic E-state index is 0.482. The summed E-state index contributed by atoms with van der Waals surface area (Å²) in [5.74, 6) is 0. The van der Waals surface area contributed by atoms with E-state index in [1.165, 1.54) is 75.4 Å². The van der Waals surface area contributed by atoms with Crippen molar-refractivity contribution >= 4 is 6.01 Å². The van der Waals surface area contributed by atoms with Crippen molar-refractivity contribution in [2.45, 2.75) is 89.8 Å². The third-order valence-electron chi connectivity index (χ3n) is 6.05. The molecule has 0 aromatic heterocycles. The second-order valence-corrected chi connectivity index (χ2v) is 7.22. The summed E-state index contributed by atoms with van der Waals surface area (Å²) in [5.41, 5.74) is 0. The molecule has 2 aliphatic rings. The molecule has 21 heavy (non-hydrogen) atoms. The van der Waals surface area contributed by atoms with Gasteiger partial charge in [-0.15, -0.1) is 0 Å². The maximum absolute atomic E-state index is 4.62. The summed E-state index contributed by atoms with van der Waals surface area (Å²) in [4.78, 5) is 9.18. The summed E-state index contributed by atoms with van der Waals surface area (Å²) in [7, 11) is 2.42. The first-order valence-electron chi connectivity index (χ1n) is 9.17. The van der Waals surface area contributed by atoms with Gasteiger partial charge in [-0.3, -0.25) is 0 Å². The van der Waals surface area contributed by atoms with Crippen LogP contribution in [0.1, 0.15) is 71.6 Å². The van der Waals surface area contributed by atoms with Crippen LogP contribution in [0.4, 0.5) is 0 Å². The summed E-state index contributed by atoms with van der Waals surface area (Å²) in [6.45, 7) is 7.14. The second kappa shape index (κ2) is 8.10. The molecule has 0 atom stereocenters. The Morgan fingerprint density at radius 1 is 0.810 bits per heavy atom. The monoisotopic (exact) mass is 292 g/mol. The van der Waals surface area contributed by atoms with Crippen LogP contribution in [-0.2, 0) is 0 Å². The summed E-state index contributed by atoms with van der Waals surface area (Å²) in [5, 5.41) is 0. The Morgan fingerprint density at radius 2 is 1.33 bits per heavy atom. The molecule has 120 valence electrons. The molecule has 0 bridgehead atoms. The largest absolute Gasteiger partial charge is 0.324 e. The summed E-state index contributed by atoms with van der Waals surface area (Å²) >= 11 is 0. The van der Waals surface area contributed by atoms with Gasteiger partial charge in [0.25, 0.3) is 0 Å². The van der Waals surface area contributed by atoms with Crippen molar-refractivity contribution in [2.24, 2.45) is 9.98 Å². The number of nitrogens with zero attached hydrogens (tertiary/aromatic N) is 3. The Bertz CT molecular complexity index is 353. The van der Waals surface area contributed by atoms with E-state index in [0.29, 0.717) is 12.1 Å². The van der Waals surface area contributed by atoms with E-state index in [0.717, 1.165) is 6.04 Å². The first-order valence-corrected chi connectivity index (χ1v) is 9.17. The van der Waals surface area contributed by atoms with Crippen LogP contribution >= 0.6 is 0 Å². The lowest BCUT2D eigenvalue weighted by molar-refractivity contribution is -0.931. The molecule has 0 spiro atoms.